The number of anilines is 1. The molecule has 0 saturated carbocycles. The minimum Gasteiger partial charge on any atom is -0.396 e. The van der Waals surface area contributed by atoms with E-state index in [1.807, 2.05) is 31.2 Å². The van der Waals surface area contributed by atoms with E-state index in [2.05, 4.69) is 27.9 Å². The van der Waals surface area contributed by atoms with Gasteiger partial charge in [-0.05, 0) is 43.4 Å². The lowest BCUT2D eigenvalue weighted by Crippen LogP contribution is -2.40. The van der Waals surface area contributed by atoms with Crippen LogP contribution in [0, 0.1) is 5.92 Å². The van der Waals surface area contributed by atoms with Crippen molar-refractivity contribution in [3.8, 4) is 0 Å². The number of aliphatic imine (C=N–C) groups is 1. The second-order valence-corrected chi connectivity index (χ2v) is 6.12. The molecule has 1 aromatic carbocycles. The van der Waals surface area contributed by atoms with Crippen LogP contribution in [0.3, 0.4) is 0 Å². The van der Waals surface area contributed by atoms with Crippen LogP contribution in [0.1, 0.15) is 45.6 Å². The average molecular weight is 476 g/mol. The van der Waals surface area contributed by atoms with Gasteiger partial charge < -0.3 is 21.1 Å². The van der Waals surface area contributed by atoms with Crippen molar-refractivity contribution in [2.24, 2.45) is 10.9 Å². The number of halogens is 1. The van der Waals surface area contributed by atoms with E-state index in [0.29, 0.717) is 12.5 Å². The molecule has 0 aliphatic carbocycles. The van der Waals surface area contributed by atoms with Crippen molar-refractivity contribution in [2.45, 2.75) is 46.6 Å². The van der Waals surface area contributed by atoms with Crippen LogP contribution in [0.25, 0.3) is 0 Å². The predicted molar refractivity (Wildman–Crippen MR) is 119 cm³/mol. The summed E-state index contributed by atoms with van der Waals surface area (Å²) >= 11 is 0. The lowest BCUT2D eigenvalue weighted by atomic mass is 10.0. The number of benzene rings is 1. The summed E-state index contributed by atoms with van der Waals surface area (Å²) in [6, 6.07) is 7.70. The number of aliphatic hydroxyl groups is 1. The lowest BCUT2D eigenvalue weighted by Gasteiger charge is -2.18. The Balaban J connectivity index is 0.00000625. The first kappa shape index (κ1) is 24.7. The van der Waals surface area contributed by atoms with E-state index < -0.39 is 0 Å². The van der Waals surface area contributed by atoms with E-state index in [4.69, 9.17) is 5.11 Å². The summed E-state index contributed by atoms with van der Waals surface area (Å²) < 4.78 is 0. The van der Waals surface area contributed by atoms with Crippen LogP contribution in [-0.4, -0.2) is 36.7 Å². The zero-order valence-corrected chi connectivity index (χ0v) is 18.4. The van der Waals surface area contributed by atoms with Gasteiger partial charge in [-0.15, -0.1) is 24.0 Å². The third-order valence-electron chi connectivity index (χ3n) is 3.80. The molecule has 0 aromatic heterocycles. The summed E-state index contributed by atoms with van der Waals surface area (Å²) in [7, 11) is 0. The Kier molecular flexibility index (Phi) is 14.0. The maximum absolute atomic E-state index is 11.2. The highest BCUT2D eigenvalue weighted by Gasteiger charge is 2.08. The van der Waals surface area contributed by atoms with E-state index >= 15 is 0 Å². The van der Waals surface area contributed by atoms with Gasteiger partial charge in [0.15, 0.2) is 5.96 Å². The van der Waals surface area contributed by atoms with Gasteiger partial charge in [-0.2, -0.15) is 0 Å². The van der Waals surface area contributed by atoms with E-state index in [1.54, 1.807) is 0 Å². The zero-order chi connectivity index (χ0) is 18.5. The zero-order valence-electron chi connectivity index (χ0n) is 16.0. The van der Waals surface area contributed by atoms with E-state index in [0.717, 1.165) is 49.6 Å². The Morgan fingerprint density at radius 2 is 2.00 bits per heavy atom. The van der Waals surface area contributed by atoms with Crippen molar-refractivity contribution in [2.75, 3.05) is 25.0 Å². The number of carbonyl (C=O) groups is 1. The molecular weight excluding hydrogens is 443 g/mol. The second kappa shape index (κ2) is 14.8. The Hall–Kier alpha value is -1.35. The molecule has 26 heavy (non-hydrogen) atoms. The summed E-state index contributed by atoms with van der Waals surface area (Å²) in [6.45, 7) is 8.02. The van der Waals surface area contributed by atoms with Crippen molar-refractivity contribution in [3.63, 3.8) is 0 Å². The molecule has 0 spiro atoms. The van der Waals surface area contributed by atoms with E-state index in [9.17, 15) is 4.79 Å². The highest BCUT2D eigenvalue weighted by molar-refractivity contribution is 14.0. The second-order valence-electron chi connectivity index (χ2n) is 6.12. The Labute approximate surface area is 174 Å². The number of carbonyl (C=O) groups excluding carboxylic acids is 1. The third-order valence-corrected chi connectivity index (χ3v) is 3.80. The average Bonchev–Trinajstić information content (AvgIpc) is 2.57. The van der Waals surface area contributed by atoms with Crippen LogP contribution in [-0.2, 0) is 11.3 Å². The molecule has 0 bridgehead atoms. The first-order chi connectivity index (χ1) is 12.1. The van der Waals surface area contributed by atoms with Crippen molar-refractivity contribution >= 4 is 41.5 Å². The predicted octanol–water partition coefficient (Wildman–Crippen LogP) is 3.12. The molecule has 1 rings (SSSR count). The van der Waals surface area contributed by atoms with Crippen LogP contribution in [0.4, 0.5) is 5.69 Å². The number of amides is 1. The molecule has 0 fully saturated rings. The fraction of sp³-hybridized carbons (Fsp3) is 0.579. The standard InChI is InChI=1S/C19H32N4O2.HI/c1-4-7-16(10-11-24)13-21-19(20-5-2)22-14-17-8-6-9-18(12-17)23-15(3)25;/h6,8-9,12,16,24H,4-5,7,10-11,13-14H2,1-3H3,(H,23,25)(H2,20,21,22);1H. The number of aliphatic hydroxyl groups excluding tert-OH is 1. The summed E-state index contributed by atoms with van der Waals surface area (Å²) in [5.41, 5.74) is 1.81. The summed E-state index contributed by atoms with van der Waals surface area (Å²) in [4.78, 5) is 15.8. The smallest absolute Gasteiger partial charge is 0.221 e. The van der Waals surface area contributed by atoms with Crippen LogP contribution in [0.15, 0.2) is 29.3 Å². The van der Waals surface area contributed by atoms with Gasteiger partial charge in [0.2, 0.25) is 5.91 Å². The molecule has 4 N–H and O–H groups in total. The minimum absolute atomic E-state index is 0. The molecule has 0 radical (unpaired) electrons. The summed E-state index contributed by atoms with van der Waals surface area (Å²) in [5, 5.41) is 18.6. The molecule has 1 atom stereocenters. The molecule has 0 heterocycles. The highest BCUT2D eigenvalue weighted by atomic mass is 127. The van der Waals surface area contributed by atoms with Crippen LogP contribution < -0.4 is 16.0 Å². The quantitative estimate of drug-likeness (QED) is 0.238. The monoisotopic (exact) mass is 476 g/mol. The SMILES string of the molecule is CCCC(CCO)CNC(=NCc1cccc(NC(C)=O)c1)NCC.I. The number of nitrogens with zero attached hydrogens (tertiary/aromatic N) is 1. The molecule has 1 aromatic rings. The molecule has 1 amide bonds. The molecule has 1 unspecified atom stereocenters. The van der Waals surface area contributed by atoms with E-state index in [1.165, 1.54) is 6.92 Å². The maximum atomic E-state index is 11.2. The molecule has 148 valence electrons. The molecule has 7 heteroatoms. The van der Waals surface area contributed by atoms with Crippen LogP contribution in [0.2, 0.25) is 0 Å². The van der Waals surface area contributed by atoms with Crippen molar-refractivity contribution in [1.29, 1.82) is 0 Å². The summed E-state index contributed by atoms with van der Waals surface area (Å²) in [6.07, 6.45) is 3.00. The molecule has 0 aliphatic heterocycles. The van der Waals surface area contributed by atoms with Gasteiger partial charge in [0, 0.05) is 32.3 Å². The van der Waals surface area contributed by atoms with Gasteiger partial charge in [0.05, 0.1) is 6.54 Å². The number of nitrogens with one attached hydrogen (secondary N) is 3. The first-order valence-electron chi connectivity index (χ1n) is 9.08. The maximum Gasteiger partial charge on any atom is 0.221 e. The first-order valence-corrected chi connectivity index (χ1v) is 9.08. The highest BCUT2D eigenvalue weighted by Crippen LogP contribution is 2.12. The van der Waals surface area contributed by atoms with Crippen LogP contribution in [0.5, 0.6) is 0 Å². The van der Waals surface area contributed by atoms with Gasteiger partial charge in [-0.25, -0.2) is 4.99 Å². The minimum atomic E-state index is -0.0819. The van der Waals surface area contributed by atoms with E-state index in [-0.39, 0.29) is 36.5 Å². The van der Waals surface area contributed by atoms with Gasteiger partial charge in [0.1, 0.15) is 0 Å². The number of hydrogen-bond acceptors (Lipinski definition) is 3. The Bertz CT molecular complexity index is 546. The number of rotatable bonds is 10. The largest absolute Gasteiger partial charge is 0.396 e. The fourth-order valence-electron chi connectivity index (χ4n) is 2.64. The Morgan fingerprint density at radius 3 is 2.62 bits per heavy atom. The third kappa shape index (κ3) is 10.6. The number of guanidine groups is 1. The molecule has 6 nitrogen and oxygen atoms in total. The van der Waals surface area contributed by atoms with Crippen molar-refractivity contribution in [1.82, 2.24) is 10.6 Å². The fourth-order valence-corrected chi connectivity index (χ4v) is 2.64. The molecule has 0 aliphatic rings. The lowest BCUT2D eigenvalue weighted by molar-refractivity contribution is -0.114. The Morgan fingerprint density at radius 1 is 1.23 bits per heavy atom. The van der Waals surface area contributed by atoms with Crippen LogP contribution >= 0.6 is 24.0 Å². The van der Waals surface area contributed by atoms with Gasteiger partial charge in [-0.3, -0.25) is 4.79 Å². The number of hydrogen-bond donors (Lipinski definition) is 4. The van der Waals surface area contributed by atoms with Gasteiger partial charge >= 0.3 is 0 Å². The topological polar surface area (TPSA) is 85.8 Å². The molecular formula is C19H33IN4O2. The normalized spacial score (nSPS) is 12.1. The van der Waals surface area contributed by atoms with Crippen molar-refractivity contribution < 1.29 is 9.90 Å². The molecule has 0 saturated heterocycles. The summed E-state index contributed by atoms with van der Waals surface area (Å²) in [5.74, 6) is 1.13. The van der Waals surface area contributed by atoms with Gasteiger partial charge in [0.25, 0.3) is 0 Å². The van der Waals surface area contributed by atoms with Crippen molar-refractivity contribution in [3.05, 3.63) is 29.8 Å². The van der Waals surface area contributed by atoms with Gasteiger partial charge in [-0.1, -0.05) is 25.5 Å².